The topological polar surface area (TPSA) is 23.6 Å². The van der Waals surface area contributed by atoms with Gasteiger partial charge in [-0.2, -0.15) is 0 Å². The molecule has 0 radical (unpaired) electrons. The zero-order chi connectivity index (χ0) is 6.85. The van der Waals surface area contributed by atoms with Crippen LogP contribution in [0.5, 0.6) is 0 Å². The fraction of sp³-hybridized carbons (Fsp3) is 0.500. The summed E-state index contributed by atoms with van der Waals surface area (Å²) < 4.78 is 0. The average Bonchev–Trinajstić information content (AvgIpc) is 2.14. The molecule has 0 aromatic heterocycles. The number of carbonyl (C=O) groups excluding carboxylic acids is 1. The highest BCUT2D eigenvalue weighted by Crippen LogP contribution is 2.02. The second-order valence-electron chi connectivity index (χ2n) is 2.19. The van der Waals surface area contributed by atoms with E-state index in [1.165, 1.54) is 0 Å². The summed E-state index contributed by atoms with van der Waals surface area (Å²) in [6.07, 6.45) is 3.66. The van der Waals surface area contributed by atoms with E-state index in [0.29, 0.717) is 6.67 Å². The Balaban J connectivity index is 0.000000810. The zero-order valence-electron chi connectivity index (χ0n) is 6.07. The third-order valence-corrected chi connectivity index (χ3v) is 1.28. The van der Waals surface area contributed by atoms with Crippen LogP contribution < -0.4 is 0 Å². The minimum atomic E-state index is 0. The van der Waals surface area contributed by atoms with Crippen LogP contribution in [0.3, 0.4) is 0 Å². The molecule has 4 heteroatoms. The van der Waals surface area contributed by atoms with Crippen molar-refractivity contribution < 1.29 is 4.79 Å². The molecule has 0 atom stereocenters. The molecule has 1 aliphatic heterocycles. The highest BCUT2D eigenvalue weighted by Gasteiger charge is 2.10. The molecule has 0 spiro atoms. The Hall–Kier alpha value is -0.510. The van der Waals surface area contributed by atoms with Gasteiger partial charge in [0.1, 0.15) is 0 Å². The first kappa shape index (κ1) is 9.49. The van der Waals surface area contributed by atoms with Crippen LogP contribution in [0.25, 0.3) is 0 Å². The van der Waals surface area contributed by atoms with E-state index in [1.807, 2.05) is 18.1 Å². The molecule has 0 aromatic rings. The van der Waals surface area contributed by atoms with Crippen LogP contribution >= 0.6 is 17.0 Å². The first-order valence-corrected chi connectivity index (χ1v) is 2.86. The quantitative estimate of drug-likeness (QED) is 0.586. The molecule has 58 valence electrons. The number of rotatable bonds is 0. The minimum absolute atomic E-state index is 0. The molecule has 0 N–H and O–H groups in total. The lowest BCUT2D eigenvalue weighted by molar-refractivity contribution is -0.126. The van der Waals surface area contributed by atoms with Crippen LogP contribution in [0.15, 0.2) is 12.4 Å². The van der Waals surface area contributed by atoms with Crippen LogP contribution in [0, 0.1) is 0 Å². The standard InChI is InChI=1S/C6H10N2O.BrH/c1-6(9)8-4-3-7(2)5-8;/h3-4H,5H2,1-2H3;1H. The van der Waals surface area contributed by atoms with Crippen LogP contribution in [-0.2, 0) is 4.79 Å². The Labute approximate surface area is 71.1 Å². The molecular weight excluding hydrogens is 196 g/mol. The predicted molar refractivity (Wildman–Crippen MR) is 44.6 cm³/mol. The lowest BCUT2D eigenvalue weighted by Crippen LogP contribution is -2.26. The van der Waals surface area contributed by atoms with Crippen molar-refractivity contribution in [1.82, 2.24) is 9.80 Å². The van der Waals surface area contributed by atoms with E-state index in [9.17, 15) is 4.79 Å². The Morgan fingerprint density at radius 2 is 2.10 bits per heavy atom. The lowest BCUT2D eigenvalue weighted by atomic mass is 10.6. The molecule has 1 aliphatic rings. The van der Waals surface area contributed by atoms with Crippen LogP contribution in [0.4, 0.5) is 0 Å². The number of carbonyl (C=O) groups is 1. The van der Waals surface area contributed by atoms with Crippen molar-refractivity contribution in [2.75, 3.05) is 13.7 Å². The molecule has 0 bridgehead atoms. The predicted octanol–water partition coefficient (Wildman–Crippen LogP) is 0.787. The largest absolute Gasteiger partial charge is 0.361 e. The molecule has 0 unspecified atom stereocenters. The van der Waals surface area contributed by atoms with Crippen molar-refractivity contribution >= 4 is 22.9 Å². The second kappa shape index (κ2) is 3.61. The summed E-state index contributed by atoms with van der Waals surface area (Å²) in [4.78, 5) is 14.2. The fourth-order valence-corrected chi connectivity index (χ4v) is 0.733. The molecule has 0 aliphatic carbocycles. The summed E-state index contributed by atoms with van der Waals surface area (Å²) in [5, 5.41) is 0. The van der Waals surface area contributed by atoms with Crippen molar-refractivity contribution in [2.24, 2.45) is 0 Å². The normalized spacial score (nSPS) is 15.4. The summed E-state index contributed by atoms with van der Waals surface area (Å²) in [6, 6.07) is 0. The smallest absolute Gasteiger partial charge is 0.224 e. The van der Waals surface area contributed by atoms with Gasteiger partial charge in [-0.1, -0.05) is 0 Å². The Bertz CT molecular complexity index is 158. The molecule has 1 rings (SSSR count). The van der Waals surface area contributed by atoms with Crippen LogP contribution in [0.2, 0.25) is 0 Å². The Morgan fingerprint density at radius 1 is 1.50 bits per heavy atom. The fourth-order valence-electron chi connectivity index (χ4n) is 0.733. The van der Waals surface area contributed by atoms with E-state index in [2.05, 4.69) is 0 Å². The number of nitrogens with zero attached hydrogens (tertiary/aromatic N) is 2. The Morgan fingerprint density at radius 3 is 2.30 bits per heavy atom. The highest BCUT2D eigenvalue weighted by molar-refractivity contribution is 8.93. The van der Waals surface area contributed by atoms with Gasteiger partial charge in [0.25, 0.3) is 0 Å². The van der Waals surface area contributed by atoms with Gasteiger partial charge in [-0.05, 0) is 0 Å². The van der Waals surface area contributed by atoms with E-state index in [4.69, 9.17) is 0 Å². The van der Waals surface area contributed by atoms with Gasteiger partial charge < -0.3 is 4.90 Å². The van der Waals surface area contributed by atoms with Gasteiger partial charge in [0, 0.05) is 26.4 Å². The number of halogens is 1. The van der Waals surface area contributed by atoms with Crippen LogP contribution in [-0.4, -0.2) is 29.4 Å². The third-order valence-electron chi connectivity index (χ3n) is 1.28. The second-order valence-corrected chi connectivity index (χ2v) is 2.19. The van der Waals surface area contributed by atoms with E-state index in [1.54, 1.807) is 18.0 Å². The van der Waals surface area contributed by atoms with Gasteiger partial charge >= 0.3 is 0 Å². The molecule has 0 saturated heterocycles. The van der Waals surface area contributed by atoms with Crippen molar-refractivity contribution in [3.05, 3.63) is 12.4 Å². The van der Waals surface area contributed by atoms with Crippen molar-refractivity contribution in [2.45, 2.75) is 6.92 Å². The van der Waals surface area contributed by atoms with Gasteiger partial charge in [0.2, 0.25) is 5.91 Å². The molecular formula is C6H11BrN2O. The van der Waals surface area contributed by atoms with E-state index in [0.717, 1.165) is 0 Å². The Kier molecular flexibility index (Phi) is 3.42. The summed E-state index contributed by atoms with van der Waals surface area (Å²) >= 11 is 0. The lowest BCUT2D eigenvalue weighted by Gasteiger charge is -2.13. The van der Waals surface area contributed by atoms with Crippen LogP contribution in [0.1, 0.15) is 6.92 Å². The SMILES string of the molecule is Br.CC(=O)N1C=CN(C)C1. The maximum atomic E-state index is 10.6. The van der Waals surface area contributed by atoms with Crippen molar-refractivity contribution in [3.8, 4) is 0 Å². The first-order chi connectivity index (χ1) is 4.20. The third kappa shape index (κ3) is 2.02. The monoisotopic (exact) mass is 206 g/mol. The molecule has 10 heavy (non-hydrogen) atoms. The zero-order valence-corrected chi connectivity index (χ0v) is 7.79. The summed E-state index contributed by atoms with van der Waals surface area (Å²) in [7, 11) is 1.93. The molecule has 0 saturated carbocycles. The van der Waals surface area contributed by atoms with Gasteiger partial charge in [-0.3, -0.25) is 9.69 Å². The van der Waals surface area contributed by atoms with Gasteiger partial charge in [-0.15, -0.1) is 17.0 Å². The molecule has 3 nitrogen and oxygen atoms in total. The first-order valence-electron chi connectivity index (χ1n) is 2.86. The minimum Gasteiger partial charge on any atom is -0.361 e. The van der Waals surface area contributed by atoms with Gasteiger partial charge in [0.05, 0.1) is 6.67 Å². The van der Waals surface area contributed by atoms with E-state index >= 15 is 0 Å². The van der Waals surface area contributed by atoms with Gasteiger partial charge in [-0.25, -0.2) is 0 Å². The molecule has 0 fully saturated rings. The number of hydrogen-bond acceptors (Lipinski definition) is 2. The molecule has 0 aromatic carbocycles. The van der Waals surface area contributed by atoms with Crippen molar-refractivity contribution in [1.29, 1.82) is 0 Å². The maximum Gasteiger partial charge on any atom is 0.224 e. The summed E-state index contributed by atoms with van der Waals surface area (Å²) in [5.41, 5.74) is 0. The molecule has 1 amide bonds. The maximum absolute atomic E-state index is 10.6. The molecule has 1 heterocycles. The van der Waals surface area contributed by atoms with Crippen molar-refractivity contribution in [3.63, 3.8) is 0 Å². The van der Waals surface area contributed by atoms with E-state index < -0.39 is 0 Å². The summed E-state index contributed by atoms with van der Waals surface area (Å²) in [5.74, 6) is 0.0931. The average molecular weight is 207 g/mol. The summed E-state index contributed by atoms with van der Waals surface area (Å²) in [6.45, 7) is 2.25. The highest BCUT2D eigenvalue weighted by atomic mass is 79.9. The number of amides is 1. The number of hydrogen-bond donors (Lipinski definition) is 0. The van der Waals surface area contributed by atoms with E-state index in [-0.39, 0.29) is 22.9 Å². The van der Waals surface area contributed by atoms with Gasteiger partial charge in [0.15, 0.2) is 0 Å².